The van der Waals surface area contributed by atoms with Crippen molar-refractivity contribution in [2.45, 2.75) is 50.2 Å². The first-order valence-corrected chi connectivity index (χ1v) is 15.5. The number of nitrogens with zero attached hydrogens (tertiary/aromatic N) is 2. The monoisotopic (exact) mass is 619 g/mol. The third kappa shape index (κ3) is 8.29. The van der Waals surface area contributed by atoms with Crippen LogP contribution in [0.1, 0.15) is 31.9 Å². The van der Waals surface area contributed by atoms with Crippen LogP contribution >= 0.6 is 0 Å². The van der Waals surface area contributed by atoms with E-state index in [1.165, 1.54) is 71.6 Å². The Morgan fingerprint density at radius 1 is 0.773 bits per heavy atom. The number of halogens is 2. The number of anilines is 1. The molecule has 0 aliphatic rings. The summed E-state index contributed by atoms with van der Waals surface area (Å²) in [7, 11) is -4.42. The van der Waals surface area contributed by atoms with E-state index in [9.17, 15) is 22.4 Å². The molecule has 0 saturated heterocycles. The average Bonchev–Trinajstić information content (AvgIpc) is 2.99. The van der Waals surface area contributed by atoms with E-state index in [2.05, 4.69) is 5.32 Å². The summed E-state index contributed by atoms with van der Waals surface area (Å²) in [6.45, 7) is 4.49. The highest BCUT2D eigenvalue weighted by atomic mass is 32.2. The Morgan fingerprint density at radius 2 is 1.34 bits per heavy atom. The molecule has 4 rings (SSSR count). The smallest absolute Gasteiger partial charge is 0.264 e. The predicted octanol–water partition coefficient (Wildman–Crippen LogP) is 5.71. The fraction of sp³-hybridized carbons (Fsp3) is 0.235. The van der Waals surface area contributed by atoms with Crippen molar-refractivity contribution in [3.63, 3.8) is 0 Å². The Hall–Kier alpha value is -4.57. The number of para-hydroxylation sites is 1. The lowest BCUT2D eigenvalue weighted by atomic mass is 10.0. The molecule has 0 fully saturated rings. The van der Waals surface area contributed by atoms with Gasteiger partial charge >= 0.3 is 0 Å². The van der Waals surface area contributed by atoms with Crippen molar-refractivity contribution in [1.82, 2.24) is 10.2 Å². The minimum atomic E-state index is -4.42. The first kappa shape index (κ1) is 32.3. The molecule has 4 aromatic carbocycles. The van der Waals surface area contributed by atoms with Crippen LogP contribution < -0.4 is 9.62 Å². The molecule has 1 N–H and O–H groups in total. The van der Waals surface area contributed by atoms with E-state index < -0.39 is 51.6 Å². The lowest BCUT2D eigenvalue weighted by molar-refractivity contribution is -0.140. The zero-order valence-electron chi connectivity index (χ0n) is 24.8. The van der Waals surface area contributed by atoms with Gasteiger partial charge in [-0.3, -0.25) is 13.9 Å². The number of amides is 2. The summed E-state index contributed by atoms with van der Waals surface area (Å²) in [6.07, 6.45) is 0.112. The van der Waals surface area contributed by atoms with Crippen LogP contribution in [0.15, 0.2) is 114 Å². The molecule has 230 valence electrons. The molecule has 0 saturated carbocycles. The third-order valence-corrected chi connectivity index (χ3v) is 8.54. The molecule has 0 aliphatic heterocycles. The van der Waals surface area contributed by atoms with Crippen molar-refractivity contribution < 1.29 is 26.8 Å². The molecule has 7 nitrogen and oxygen atoms in total. The second-order valence-corrected chi connectivity index (χ2v) is 13.2. The lowest BCUT2D eigenvalue weighted by Gasteiger charge is -2.35. The lowest BCUT2D eigenvalue weighted by Crippen LogP contribution is -2.56. The molecule has 2 amide bonds. The number of hydrogen-bond donors (Lipinski definition) is 1. The van der Waals surface area contributed by atoms with Gasteiger partial charge in [0, 0.05) is 18.5 Å². The summed E-state index contributed by atoms with van der Waals surface area (Å²) in [4.78, 5) is 29.3. The Balaban J connectivity index is 1.82. The number of benzene rings is 4. The molecule has 1 atom stereocenters. The average molecular weight is 620 g/mol. The zero-order chi connectivity index (χ0) is 31.9. The zero-order valence-corrected chi connectivity index (χ0v) is 25.6. The quantitative estimate of drug-likeness (QED) is 0.233. The van der Waals surface area contributed by atoms with E-state index in [1.54, 1.807) is 6.07 Å². The Bertz CT molecular complexity index is 1680. The largest absolute Gasteiger partial charge is 0.350 e. The van der Waals surface area contributed by atoms with Crippen LogP contribution in [0, 0.1) is 11.6 Å². The molecule has 10 heteroatoms. The molecule has 44 heavy (non-hydrogen) atoms. The minimum Gasteiger partial charge on any atom is -0.350 e. The normalized spacial score (nSPS) is 12.3. The molecule has 0 bridgehead atoms. The summed E-state index contributed by atoms with van der Waals surface area (Å²) in [5.74, 6) is -2.52. The maximum atomic E-state index is 15.2. The van der Waals surface area contributed by atoms with Gasteiger partial charge in [-0.15, -0.1) is 0 Å². The number of rotatable bonds is 11. The number of carbonyl (C=O) groups excluding carboxylic acids is 2. The Labute approximate surface area is 257 Å². The van der Waals surface area contributed by atoms with Crippen LogP contribution in [-0.2, 0) is 32.6 Å². The molecule has 0 spiro atoms. The predicted molar refractivity (Wildman–Crippen MR) is 166 cm³/mol. The molecule has 0 heterocycles. The maximum absolute atomic E-state index is 15.2. The van der Waals surface area contributed by atoms with Crippen LogP contribution in [0.2, 0.25) is 0 Å². The summed E-state index contributed by atoms with van der Waals surface area (Å²) in [5, 5.41) is 2.94. The van der Waals surface area contributed by atoms with Crippen LogP contribution in [0.3, 0.4) is 0 Å². The van der Waals surface area contributed by atoms with Crippen molar-refractivity contribution in [1.29, 1.82) is 0 Å². The van der Waals surface area contributed by atoms with Gasteiger partial charge in [0.2, 0.25) is 11.8 Å². The Morgan fingerprint density at radius 3 is 1.93 bits per heavy atom. The van der Waals surface area contributed by atoms with E-state index in [0.29, 0.717) is 5.56 Å². The first-order valence-electron chi connectivity index (χ1n) is 14.1. The third-order valence-electron chi connectivity index (χ3n) is 6.77. The van der Waals surface area contributed by atoms with E-state index in [-0.39, 0.29) is 23.5 Å². The SMILES string of the molecule is CC(C)(C)NC(=O)[C@H](Cc1ccccc1)N(Cc1ccc(F)cc1)C(=O)CN(c1ccccc1F)S(=O)(=O)c1ccccc1. The highest BCUT2D eigenvalue weighted by Crippen LogP contribution is 2.27. The second-order valence-electron chi connectivity index (χ2n) is 11.4. The van der Waals surface area contributed by atoms with Crippen LogP contribution in [0.25, 0.3) is 0 Å². The van der Waals surface area contributed by atoms with Gasteiger partial charge in [-0.25, -0.2) is 17.2 Å². The molecule has 0 aliphatic carbocycles. The number of sulfonamides is 1. The van der Waals surface area contributed by atoms with Crippen LogP contribution in [-0.4, -0.2) is 43.3 Å². The number of hydrogen-bond acceptors (Lipinski definition) is 4. The molecule has 0 radical (unpaired) electrons. The van der Waals surface area contributed by atoms with Crippen molar-refractivity contribution in [2.75, 3.05) is 10.8 Å². The van der Waals surface area contributed by atoms with Crippen molar-refractivity contribution >= 4 is 27.5 Å². The van der Waals surface area contributed by atoms with Gasteiger partial charge < -0.3 is 10.2 Å². The van der Waals surface area contributed by atoms with Gasteiger partial charge in [-0.05, 0) is 68.3 Å². The molecule has 0 unspecified atom stereocenters. The van der Waals surface area contributed by atoms with Gasteiger partial charge in [0.25, 0.3) is 10.0 Å². The summed E-state index contributed by atoms with van der Waals surface area (Å²) in [6, 6.07) is 26.2. The van der Waals surface area contributed by atoms with Gasteiger partial charge in [-0.1, -0.05) is 72.8 Å². The number of carbonyl (C=O) groups is 2. The first-order chi connectivity index (χ1) is 20.8. The number of nitrogens with one attached hydrogen (secondary N) is 1. The topological polar surface area (TPSA) is 86.8 Å². The van der Waals surface area contributed by atoms with Gasteiger partial charge in [0.05, 0.1) is 10.6 Å². The summed E-state index contributed by atoms with van der Waals surface area (Å²) < 4.78 is 57.4. The maximum Gasteiger partial charge on any atom is 0.264 e. The standard InChI is InChI=1S/C34H35F2N3O4S/c1-34(2,3)37-33(41)31(22-25-12-6-4-7-13-25)38(23-26-18-20-27(35)21-19-26)32(40)24-39(30-17-11-10-16-29(30)36)44(42,43)28-14-8-5-9-15-28/h4-21,31H,22-24H2,1-3H3,(H,37,41)/t31-/m0/s1. The van der Waals surface area contributed by atoms with Crippen molar-refractivity contribution in [3.05, 3.63) is 132 Å². The summed E-state index contributed by atoms with van der Waals surface area (Å²) >= 11 is 0. The minimum absolute atomic E-state index is 0.112. The fourth-order valence-electron chi connectivity index (χ4n) is 4.68. The van der Waals surface area contributed by atoms with Gasteiger partial charge in [0.15, 0.2) is 0 Å². The van der Waals surface area contributed by atoms with E-state index >= 15 is 4.39 Å². The van der Waals surface area contributed by atoms with Crippen LogP contribution in [0.4, 0.5) is 14.5 Å². The second kappa shape index (κ2) is 13.8. The Kier molecular flexibility index (Phi) is 10.2. The van der Waals surface area contributed by atoms with Crippen molar-refractivity contribution in [3.8, 4) is 0 Å². The highest BCUT2D eigenvalue weighted by molar-refractivity contribution is 7.92. The highest BCUT2D eigenvalue weighted by Gasteiger charge is 2.36. The summed E-state index contributed by atoms with van der Waals surface area (Å²) in [5.41, 5.74) is 0.322. The van der Waals surface area contributed by atoms with Crippen molar-refractivity contribution in [2.24, 2.45) is 0 Å². The van der Waals surface area contributed by atoms with E-state index in [0.717, 1.165) is 15.9 Å². The van der Waals surface area contributed by atoms with Gasteiger partial charge in [-0.2, -0.15) is 0 Å². The van der Waals surface area contributed by atoms with Gasteiger partial charge in [0.1, 0.15) is 24.2 Å². The fourth-order valence-corrected chi connectivity index (χ4v) is 6.12. The van der Waals surface area contributed by atoms with E-state index in [1.807, 2.05) is 51.1 Å². The van der Waals surface area contributed by atoms with E-state index in [4.69, 9.17) is 0 Å². The molecular weight excluding hydrogens is 584 g/mol. The van der Waals surface area contributed by atoms with Crippen LogP contribution in [0.5, 0.6) is 0 Å². The molecular formula is C34H35F2N3O4S. The molecule has 4 aromatic rings. The molecule has 0 aromatic heterocycles.